The molecule has 1 aromatic carbocycles. The zero-order chi connectivity index (χ0) is 26.6. The van der Waals surface area contributed by atoms with Gasteiger partial charge in [0.1, 0.15) is 11.4 Å². The van der Waals surface area contributed by atoms with E-state index >= 15 is 0 Å². The molecule has 0 saturated carbocycles. The van der Waals surface area contributed by atoms with Crippen LogP contribution in [0.3, 0.4) is 0 Å². The van der Waals surface area contributed by atoms with Crippen molar-refractivity contribution in [2.24, 2.45) is 5.41 Å². The van der Waals surface area contributed by atoms with Crippen LogP contribution >= 0.6 is 11.6 Å². The van der Waals surface area contributed by atoms with Crippen LogP contribution in [0.2, 0.25) is 5.02 Å². The van der Waals surface area contributed by atoms with Gasteiger partial charge in [0.05, 0.1) is 37.9 Å². The number of ether oxygens (including phenoxy) is 3. The largest absolute Gasteiger partial charge is 0.444 e. The molecule has 0 unspecified atom stereocenters. The fourth-order valence-electron chi connectivity index (χ4n) is 3.67. The first kappa shape index (κ1) is 29.3. The molecule has 1 aromatic rings. The second kappa shape index (κ2) is 11.9. The molecule has 2 rings (SSSR count). The zero-order valence-corrected chi connectivity index (χ0v) is 22.3. The summed E-state index contributed by atoms with van der Waals surface area (Å²) in [7, 11) is 0. The number of hydrogen-bond donors (Lipinski definition) is 2. The van der Waals surface area contributed by atoms with E-state index in [4.69, 9.17) is 25.8 Å². The van der Waals surface area contributed by atoms with E-state index in [1.54, 1.807) is 26.8 Å². The maximum atomic E-state index is 13.9. The minimum absolute atomic E-state index is 0.0330. The van der Waals surface area contributed by atoms with Crippen LogP contribution in [0, 0.1) is 11.2 Å². The quantitative estimate of drug-likeness (QED) is 0.570. The van der Waals surface area contributed by atoms with Gasteiger partial charge in [0.25, 0.3) is 0 Å². The van der Waals surface area contributed by atoms with Gasteiger partial charge in [0, 0.05) is 11.9 Å². The lowest BCUT2D eigenvalue weighted by Crippen LogP contribution is -2.62. The van der Waals surface area contributed by atoms with Gasteiger partial charge in [-0.25, -0.2) is 9.18 Å². The Bertz CT molecular complexity index is 865. The predicted molar refractivity (Wildman–Crippen MR) is 131 cm³/mol. The molecule has 0 radical (unpaired) electrons. The van der Waals surface area contributed by atoms with Crippen molar-refractivity contribution in [2.45, 2.75) is 85.0 Å². The van der Waals surface area contributed by atoms with E-state index in [9.17, 15) is 19.1 Å². The van der Waals surface area contributed by atoms with Crippen molar-refractivity contribution in [3.05, 3.63) is 34.6 Å². The van der Waals surface area contributed by atoms with E-state index in [1.807, 2.05) is 20.8 Å². The summed E-state index contributed by atoms with van der Waals surface area (Å²) in [4.78, 5) is 26.4. The standard InChI is InChI=1S/C25H38ClFN2O6/c1-15(30)28-19(10-16-8-17(26)11-18(27)9-16)22(31)20-13-33-21(34-14-24(2,3)4)12-29(20)23(32)35-25(5,6)7/h8-9,11,19-22,31H,10,12-14H2,1-7H3,(H,28,30)/t19-,20+,21-,22-/m0/s1. The Morgan fingerprint density at radius 2 is 1.91 bits per heavy atom. The Labute approximate surface area is 212 Å². The molecule has 4 atom stereocenters. The third kappa shape index (κ3) is 9.91. The predicted octanol–water partition coefficient (Wildman–Crippen LogP) is 3.91. The topological polar surface area (TPSA) is 97.3 Å². The van der Waals surface area contributed by atoms with E-state index in [0.29, 0.717) is 12.2 Å². The van der Waals surface area contributed by atoms with Crippen LogP contribution in [0.1, 0.15) is 54.0 Å². The Kier molecular flexibility index (Phi) is 9.93. The Balaban J connectivity index is 2.29. The number of rotatable bonds is 7. The average molecular weight is 517 g/mol. The number of morpholine rings is 1. The number of hydrogen-bond acceptors (Lipinski definition) is 6. The zero-order valence-electron chi connectivity index (χ0n) is 21.6. The van der Waals surface area contributed by atoms with Gasteiger partial charge in [-0.1, -0.05) is 32.4 Å². The van der Waals surface area contributed by atoms with Crippen molar-refractivity contribution in [3.8, 4) is 0 Å². The van der Waals surface area contributed by atoms with Crippen LogP contribution in [-0.2, 0) is 25.4 Å². The fourth-order valence-corrected chi connectivity index (χ4v) is 3.92. The molecule has 198 valence electrons. The lowest BCUT2D eigenvalue weighted by Gasteiger charge is -2.43. The number of aliphatic hydroxyl groups excluding tert-OH is 1. The van der Waals surface area contributed by atoms with Gasteiger partial charge >= 0.3 is 6.09 Å². The van der Waals surface area contributed by atoms with Crippen LogP contribution in [0.5, 0.6) is 0 Å². The van der Waals surface area contributed by atoms with Gasteiger partial charge < -0.3 is 24.6 Å². The summed E-state index contributed by atoms with van der Waals surface area (Å²) in [5, 5.41) is 14.2. The highest BCUT2D eigenvalue weighted by Crippen LogP contribution is 2.25. The Morgan fingerprint density at radius 3 is 2.46 bits per heavy atom. The van der Waals surface area contributed by atoms with Gasteiger partial charge in [0.15, 0.2) is 6.29 Å². The minimum Gasteiger partial charge on any atom is -0.444 e. The van der Waals surface area contributed by atoms with Gasteiger partial charge in [-0.15, -0.1) is 0 Å². The van der Waals surface area contributed by atoms with E-state index in [-0.39, 0.29) is 35.9 Å². The van der Waals surface area contributed by atoms with Crippen LogP contribution in [0.25, 0.3) is 0 Å². The molecular formula is C25H38ClFN2O6. The summed E-state index contributed by atoms with van der Waals surface area (Å²) in [5.41, 5.74) is -0.388. The Hall–Kier alpha value is -1.94. The van der Waals surface area contributed by atoms with Crippen molar-refractivity contribution in [1.82, 2.24) is 10.2 Å². The number of carbonyl (C=O) groups excluding carboxylic acids is 2. The van der Waals surface area contributed by atoms with Crippen molar-refractivity contribution in [2.75, 3.05) is 19.8 Å². The summed E-state index contributed by atoms with van der Waals surface area (Å²) >= 11 is 5.98. The highest BCUT2D eigenvalue weighted by molar-refractivity contribution is 6.30. The van der Waals surface area contributed by atoms with E-state index in [0.717, 1.165) is 0 Å². The minimum atomic E-state index is -1.25. The molecule has 1 saturated heterocycles. The molecule has 1 aliphatic heterocycles. The molecule has 0 spiro atoms. The van der Waals surface area contributed by atoms with Crippen LogP contribution in [-0.4, -0.2) is 71.8 Å². The number of nitrogens with one attached hydrogen (secondary N) is 1. The smallest absolute Gasteiger partial charge is 0.410 e. The van der Waals surface area contributed by atoms with Gasteiger partial charge in [-0.3, -0.25) is 9.69 Å². The molecule has 2 amide bonds. The fraction of sp³-hybridized carbons (Fsp3) is 0.680. The summed E-state index contributed by atoms with van der Waals surface area (Å²) in [6.07, 6.45) is -2.51. The van der Waals surface area contributed by atoms with Crippen molar-refractivity contribution in [3.63, 3.8) is 0 Å². The van der Waals surface area contributed by atoms with Gasteiger partial charge in [-0.05, 0) is 56.4 Å². The number of benzene rings is 1. The van der Waals surface area contributed by atoms with Gasteiger partial charge in [0.2, 0.25) is 5.91 Å². The highest BCUT2D eigenvalue weighted by atomic mass is 35.5. The van der Waals surface area contributed by atoms with E-state index < -0.39 is 42.0 Å². The first-order valence-corrected chi connectivity index (χ1v) is 12.0. The second-order valence-electron chi connectivity index (χ2n) is 11.1. The lowest BCUT2D eigenvalue weighted by molar-refractivity contribution is -0.211. The summed E-state index contributed by atoms with van der Waals surface area (Å²) in [6.45, 7) is 13.0. The van der Waals surface area contributed by atoms with E-state index in [1.165, 1.54) is 24.0 Å². The normalized spacial score (nSPS) is 20.8. The average Bonchev–Trinajstić information content (AvgIpc) is 2.68. The lowest BCUT2D eigenvalue weighted by atomic mass is 9.95. The molecule has 2 N–H and O–H groups in total. The van der Waals surface area contributed by atoms with Crippen LogP contribution < -0.4 is 5.32 Å². The first-order valence-electron chi connectivity index (χ1n) is 11.7. The molecule has 8 nitrogen and oxygen atoms in total. The molecule has 35 heavy (non-hydrogen) atoms. The maximum Gasteiger partial charge on any atom is 0.410 e. The van der Waals surface area contributed by atoms with E-state index in [2.05, 4.69) is 5.32 Å². The first-order chi connectivity index (χ1) is 16.0. The summed E-state index contributed by atoms with van der Waals surface area (Å²) in [6, 6.07) is 2.32. The SMILES string of the molecule is CC(=O)N[C@@H](Cc1cc(F)cc(Cl)c1)[C@H](O)[C@H]1CO[C@@H](OCC(C)(C)C)CN1C(=O)OC(C)(C)C. The van der Waals surface area contributed by atoms with Gasteiger partial charge in [-0.2, -0.15) is 0 Å². The van der Waals surface area contributed by atoms with Crippen molar-refractivity contribution < 1.29 is 33.3 Å². The highest BCUT2D eigenvalue weighted by Gasteiger charge is 2.42. The van der Waals surface area contributed by atoms with Crippen molar-refractivity contribution in [1.29, 1.82) is 0 Å². The molecule has 0 bridgehead atoms. The molecule has 0 aromatic heterocycles. The summed E-state index contributed by atoms with van der Waals surface area (Å²) < 4.78 is 31.1. The molecular weight excluding hydrogens is 479 g/mol. The van der Waals surface area contributed by atoms with Crippen LogP contribution in [0.15, 0.2) is 18.2 Å². The third-order valence-electron chi connectivity index (χ3n) is 5.10. The molecule has 1 aliphatic rings. The summed E-state index contributed by atoms with van der Waals surface area (Å²) in [5.74, 6) is -0.915. The maximum absolute atomic E-state index is 13.9. The number of aliphatic hydroxyl groups is 1. The molecule has 0 aliphatic carbocycles. The van der Waals surface area contributed by atoms with Crippen LogP contribution in [0.4, 0.5) is 9.18 Å². The molecule has 1 heterocycles. The molecule has 10 heteroatoms. The number of halogens is 2. The second-order valence-corrected chi connectivity index (χ2v) is 11.6. The number of amides is 2. The Morgan fingerprint density at radius 1 is 1.26 bits per heavy atom. The molecule has 1 fully saturated rings. The number of carbonyl (C=O) groups is 2. The number of nitrogens with zero attached hydrogens (tertiary/aromatic N) is 1. The van der Waals surface area contributed by atoms with Crippen molar-refractivity contribution >= 4 is 23.6 Å². The third-order valence-corrected chi connectivity index (χ3v) is 5.32. The monoisotopic (exact) mass is 516 g/mol.